The molecular formula is C9H6ClNO3. The van der Waals surface area contributed by atoms with Gasteiger partial charge in [0.2, 0.25) is 6.08 Å². The first kappa shape index (κ1) is 10.4. The summed E-state index contributed by atoms with van der Waals surface area (Å²) in [7, 11) is 0. The van der Waals surface area contributed by atoms with E-state index in [1.807, 2.05) is 0 Å². The molecule has 5 heteroatoms. The smallest absolute Gasteiger partial charge is 0.326 e. The Hall–Kier alpha value is -1.64. The Kier molecular flexibility index (Phi) is 3.85. The molecule has 14 heavy (non-hydrogen) atoms. The van der Waals surface area contributed by atoms with Crippen LogP contribution < -0.4 is 4.74 Å². The molecule has 0 amide bonds. The van der Waals surface area contributed by atoms with Gasteiger partial charge in [0.15, 0.2) is 0 Å². The van der Waals surface area contributed by atoms with Gasteiger partial charge in [-0.25, -0.2) is 4.79 Å². The lowest BCUT2D eigenvalue weighted by Crippen LogP contribution is -2.08. The van der Waals surface area contributed by atoms with Crippen LogP contribution >= 0.6 is 11.6 Å². The first-order chi connectivity index (χ1) is 6.76. The predicted molar refractivity (Wildman–Crippen MR) is 50.6 cm³/mol. The van der Waals surface area contributed by atoms with Gasteiger partial charge in [-0.1, -0.05) is 6.07 Å². The molecule has 0 aliphatic rings. The number of ether oxygens (including phenoxy) is 1. The number of alkyl halides is 1. The zero-order valence-electron chi connectivity index (χ0n) is 7.07. The third-order valence-corrected chi connectivity index (χ3v) is 1.55. The minimum absolute atomic E-state index is 0.221. The Morgan fingerprint density at radius 2 is 2.36 bits per heavy atom. The van der Waals surface area contributed by atoms with Gasteiger partial charge in [0.25, 0.3) is 0 Å². The Morgan fingerprint density at radius 3 is 3.00 bits per heavy atom. The second-order valence-electron chi connectivity index (χ2n) is 2.31. The summed E-state index contributed by atoms with van der Waals surface area (Å²) in [5, 5.41) is 0. The number of hydrogen-bond acceptors (Lipinski definition) is 4. The van der Waals surface area contributed by atoms with Crippen molar-refractivity contribution in [2.45, 2.75) is 0 Å². The molecule has 1 rings (SSSR count). The second kappa shape index (κ2) is 5.17. The van der Waals surface area contributed by atoms with E-state index in [0.717, 1.165) is 0 Å². The summed E-state index contributed by atoms with van der Waals surface area (Å²) in [6, 6.07) is 6.19. The van der Waals surface area contributed by atoms with Gasteiger partial charge in [-0.3, -0.25) is 4.79 Å². The van der Waals surface area contributed by atoms with Crippen molar-refractivity contribution in [1.82, 2.24) is 0 Å². The summed E-state index contributed by atoms with van der Waals surface area (Å²) in [5.74, 6) is -0.479. The molecule has 0 saturated heterocycles. The van der Waals surface area contributed by atoms with Crippen molar-refractivity contribution >= 4 is 29.3 Å². The van der Waals surface area contributed by atoms with Gasteiger partial charge in [-0.05, 0) is 12.1 Å². The van der Waals surface area contributed by atoms with Gasteiger partial charge >= 0.3 is 5.97 Å². The van der Waals surface area contributed by atoms with Crippen LogP contribution in [-0.2, 0) is 9.59 Å². The molecule has 0 aliphatic carbocycles. The lowest BCUT2D eigenvalue weighted by molar-refractivity contribution is -0.131. The van der Waals surface area contributed by atoms with Crippen LogP contribution in [0.3, 0.4) is 0 Å². The molecule has 0 atom stereocenters. The third-order valence-electron chi connectivity index (χ3n) is 1.33. The number of carbonyl (C=O) groups excluding carboxylic acids is 2. The monoisotopic (exact) mass is 211 g/mol. The fourth-order valence-corrected chi connectivity index (χ4v) is 0.883. The third kappa shape index (κ3) is 3.01. The maximum absolute atomic E-state index is 10.8. The zero-order chi connectivity index (χ0) is 10.4. The van der Waals surface area contributed by atoms with Gasteiger partial charge < -0.3 is 4.74 Å². The molecule has 72 valence electrons. The van der Waals surface area contributed by atoms with Crippen molar-refractivity contribution in [3.8, 4) is 5.75 Å². The van der Waals surface area contributed by atoms with Crippen LogP contribution in [-0.4, -0.2) is 17.9 Å². The van der Waals surface area contributed by atoms with Crippen LogP contribution in [0.2, 0.25) is 0 Å². The SMILES string of the molecule is O=C=Nc1cccc(OC(=O)CCl)c1. The second-order valence-corrected chi connectivity index (χ2v) is 2.58. The average Bonchev–Trinajstić information content (AvgIpc) is 2.19. The summed E-state index contributed by atoms with van der Waals surface area (Å²) < 4.78 is 4.79. The molecule has 1 aromatic rings. The molecule has 0 heterocycles. The molecule has 0 unspecified atom stereocenters. The Labute approximate surface area is 85.2 Å². The molecule has 0 radical (unpaired) electrons. The fraction of sp³-hybridized carbons (Fsp3) is 0.111. The highest BCUT2D eigenvalue weighted by Crippen LogP contribution is 2.19. The van der Waals surface area contributed by atoms with Crippen molar-refractivity contribution in [1.29, 1.82) is 0 Å². The topological polar surface area (TPSA) is 55.7 Å². The first-order valence-corrected chi connectivity index (χ1v) is 4.24. The van der Waals surface area contributed by atoms with Gasteiger partial charge in [0, 0.05) is 6.07 Å². The minimum Gasteiger partial charge on any atom is -0.426 e. The van der Waals surface area contributed by atoms with Gasteiger partial charge in [0.1, 0.15) is 11.6 Å². The summed E-state index contributed by atoms with van der Waals surface area (Å²) in [6.45, 7) is 0. The number of benzene rings is 1. The summed E-state index contributed by atoms with van der Waals surface area (Å²) >= 11 is 5.24. The largest absolute Gasteiger partial charge is 0.426 e. The number of carbonyl (C=O) groups is 1. The molecule has 0 saturated carbocycles. The maximum atomic E-state index is 10.8. The molecule has 4 nitrogen and oxygen atoms in total. The minimum atomic E-state index is -0.557. The lowest BCUT2D eigenvalue weighted by Gasteiger charge is -2.01. The standard InChI is InChI=1S/C9H6ClNO3/c10-5-9(13)14-8-3-1-2-7(4-8)11-6-12/h1-4H,5H2. The van der Waals surface area contributed by atoms with Crippen molar-refractivity contribution in [3.05, 3.63) is 24.3 Å². The predicted octanol–water partition coefficient (Wildman–Crippen LogP) is 1.80. The number of halogens is 1. The van der Waals surface area contributed by atoms with E-state index in [1.165, 1.54) is 12.1 Å². The van der Waals surface area contributed by atoms with E-state index in [9.17, 15) is 9.59 Å². The van der Waals surface area contributed by atoms with Crippen molar-refractivity contribution in [2.75, 3.05) is 5.88 Å². The van der Waals surface area contributed by atoms with Crippen LogP contribution in [0.1, 0.15) is 0 Å². The molecule has 0 fully saturated rings. The first-order valence-electron chi connectivity index (χ1n) is 3.71. The zero-order valence-corrected chi connectivity index (χ0v) is 7.82. The molecule has 0 N–H and O–H groups in total. The molecule has 0 aliphatic heterocycles. The van der Waals surface area contributed by atoms with Crippen LogP contribution in [0.25, 0.3) is 0 Å². The van der Waals surface area contributed by atoms with E-state index >= 15 is 0 Å². The Bertz CT molecular complexity index is 385. The average molecular weight is 212 g/mol. The number of isocyanates is 1. The molecule has 0 spiro atoms. The Balaban J connectivity index is 2.83. The quantitative estimate of drug-likeness (QED) is 0.252. The number of hydrogen-bond donors (Lipinski definition) is 0. The van der Waals surface area contributed by atoms with Crippen LogP contribution in [0, 0.1) is 0 Å². The fourth-order valence-electron chi connectivity index (χ4n) is 0.828. The van der Waals surface area contributed by atoms with E-state index in [0.29, 0.717) is 11.4 Å². The lowest BCUT2D eigenvalue weighted by atomic mass is 10.3. The molecule has 0 aromatic heterocycles. The highest BCUT2D eigenvalue weighted by atomic mass is 35.5. The highest BCUT2D eigenvalue weighted by Gasteiger charge is 2.02. The number of rotatable bonds is 3. The molecular weight excluding hydrogens is 206 g/mol. The van der Waals surface area contributed by atoms with E-state index in [1.54, 1.807) is 18.2 Å². The molecule has 0 bridgehead atoms. The number of aliphatic imine (C=N–C) groups is 1. The van der Waals surface area contributed by atoms with Gasteiger partial charge in [-0.2, -0.15) is 4.99 Å². The summed E-state index contributed by atoms with van der Waals surface area (Å²) in [5.41, 5.74) is 0.375. The van der Waals surface area contributed by atoms with Crippen molar-refractivity contribution in [3.63, 3.8) is 0 Å². The van der Waals surface area contributed by atoms with Crippen LogP contribution in [0.5, 0.6) is 5.75 Å². The van der Waals surface area contributed by atoms with E-state index in [4.69, 9.17) is 16.3 Å². The van der Waals surface area contributed by atoms with E-state index in [2.05, 4.69) is 4.99 Å². The van der Waals surface area contributed by atoms with Crippen molar-refractivity contribution in [2.24, 2.45) is 4.99 Å². The summed E-state index contributed by atoms with van der Waals surface area (Å²) in [4.78, 5) is 24.1. The van der Waals surface area contributed by atoms with Crippen LogP contribution in [0.4, 0.5) is 5.69 Å². The number of esters is 1. The van der Waals surface area contributed by atoms with Gasteiger partial charge in [-0.15, -0.1) is 11.6 Å². The normalized spacial score (nSPS) is 8.93. The van der Waals surface area contributed by atoms with Gasteiger partial charge in [0.05, 0.1) is 5.69 Å². The van der Waals surface area contributed by atoms with Crippen molar-refractivity contribution < 1.29 is 14.3 Å². The molecule has 1 aromatic carbocycles. The maximum Gasteiger partial charge on any atom is 0.326 e. The number of nitrogens with zero attached hydrogens (tertiary/aromatic N) is 1. The Morgan fingerprint density at radius 1 is 1.57 bits per heavy atom. The summed E-state index contributed by atoms with van der Waals surface area (Å²) in [6.07, 6.45) is 1.39. The van der Waals surface area contributed by atoms with Crippen LogP contribution in [0.15, 0.2) is 29.3 Å². The van der Waals surface area contributed by atoms with E-state index < -0.39 is 5.97 Å². The highest BCUT2D eigenvalue weighted by molar-refractivity contribution is 6.26. The van der Waals surface area contributed by atoms with E-state index in [-0.39, 0.29) is 5.88 Å².